The first-order chi connectivity index (χ1) is 14.8. The molecule has 1 aliphatic rings. The summed E-state index contributed by atoms with van der Waals surface area (Å²) in [4.78, 5) is 20.2. The Kier molecular flexibility index (Phi) is 5.67. The Morgan fingerprint density at radius 2 is 1.50 bits per heavy atom. The van der Waals surface area contributed by atoms with Gasteiger partial charge in [0, 0.05) is 10.4 Å². The molecule has 0 saturated carbocycles. The van der Waals surface area contributed by atoms with Gasteiger partial charge in [-0.25, -0.2) is 9.78 Å². The number of fused-ring (bicyclic) bond motifs is 4. The van der Waals surface area contributed by atoms with Crippen LogP contribution in [0.4, 0.5) is 0 Å². The van der Waals surface area contributed by atoms with Crippen LogP contribution in [0.2, 0.25) is 0 Å². The maximum atomic E-state index is 13.1. The number of rotatable bonds is 1. The maximum Gasteiger partial charge on any atom is 0.348 e. The standard InChI is InChI=1S/C26H27NO2S/c28-26-23-21-15-7-5-3-1-2-4-6-8-17-22(21)30-25(23)27-24(29-26)20-16-11-13-18-12-9-10-14-19(18)20/h9-14,16H,1-8,15,17H2. The van der Waals surface area contributed by atoms with E-state index in [1.807, 2.05) is 24.3 Å². The second-order valence-electron chi connectivity index (χ2n) is 8.35. The molecule has 30 heavy (non-hydrogen) atoms. The van der Waals surface area contributed by atoms with Gasteiger partial charge in [0.25, 0.3) is 0 Å². The molecule has 0 fully saturated rings. The molecule has 4 heteroatoms. The predicted molar refractivity (Wildman–Crippen MR) is 125 cm³/mol. The zero-order valence-electron chi connectivity index (χ0n) is 17.3. The summed E-state index contributed by atoms with van der Waals surface area (Å²) in [6.07, 6.45) is 12.2. The molecule has 2 aromatic heterocycles. The van der Waals surface area contributed by atoms with Crippen LogP contribution in [0.25, 0.3) is 32.4 Å². The highest BCUT2D eigenvalue weighted by molar-refractivity contribution is 7.18. The van der Waals surface area contributed by atoms with E-state index in [-0.39, 0.29) is 5.63 Å². The van der Waals surface area contributed by atoms with Crippen LogP contribution in [0.15, 0.2) is 51.7 Å². The predicted octanol–water partition coefficient (Wildman–Crippen LogP) is 7.29. The number of hydrogen-bond acceptors (Lipinski definition) is 4. The Morgan fingerprint density at radius 1 is 0.800 bits per heavy atom. The monoisotopic (exact) mass is 417 g/mol. The quantitative estimate of drug-likeness (QED) is 0.326. The van der Waals surface area contributed by atoms with Gasteiger partial charge in [0.2, 0.25) is 5.89 Å². The number of benzene rings is 2. The van der Waals surface area contributed by atoms with Gasteiger partial charge in [-0.3, -0.25) is 0 Å². The van der Waals surface area contributed by atoms with Gasteiger partial charge in [0.15, 0.2) is 0 Å². The molecule has 4 aromatic rings. The number of hydrogen-bond donors (Lipinski definition) is 0. The Balaban J connectivity index is 1.61. The molecule has 0 radical (unpaired) electrons. The third-order valence-electron chi connectivity index (χ3n) is 6.27. The van der Waals surface area contributed by atoms with E-state index in [9.17, 15) is 4.79 Å². The largest absolute Gasteiger partial charge is 0.403 e. The van der Waals surface area contributed by atoms with E-state index in [0.29, 0.717) is 5.89 Å². The fourth-order valence-electron chi connectivity index (χ4n) is 4.68. The lowest BCUT2D eigenvalue weighted by Crippen LogP contribution is -2.04. The number of aromatic nitrogens is 1. The average Bonchev–Trinajstić information content (AvgIpc) is 3.11. The fraction of sp³-hybridized carbons (Fsp3) is 0.385. The molecule has 1 aliphatic carbocycles. The molecule has 154 valence electrons. The number of nitrogens with zero attached hydrogens (tertiary/aromatic N) is 1. The summed E-state index contributed by atoms with van der Waals surface area (Å²) >= 11 is 1.71. The van der Waals surface area contributed by atoms with Crippen LogP contribution in [0.3, 0.4) is 0 Å². The van der Waals surface area contributed by atoms with Crippen LogP contribution in [-0.4, -0.2) is 4.98 Å². The summed E-state index contributed by atoms with van der Waals surface area (Å²) < 4.78 is 5.82. The van der Waals surface area contributed by atoms with Crippen molar-refractivity contribution in [3.8, 4) is 11.5 Å². The van der Waals surface area contributed by atoms with Crippen LogP contribution in [0.5, 0.6) is 0 Å². The van der Waals surface area contributed by atoms with Gasteiger partial charge in [0.05, 0.1) is 0 Å². The molecule has 0 N–H and O–H groups in total. The average molecular weight is 418 g/mol. The Labute approximate surface area is 180 Å². The van der Waals surface area contributed by atoms with Crippen LogP contribution < -0.4 is 5.63 Å². The third kappa shape index (κ3) is 3.81. The smallest absolute Gasteiger partial charge is 0.348 e. The van der Waals surface area contributed by atoms with Crippen molar-refractivity contribution in [2.45, 2.75) is 64.2 Å². The van der Waals surface area contributed by atoms with Gasteiger partial charge < -0.3 is 4.42 Å². The van der Waals surface area contributed by atoms with Crippen molar-refractivity contribution in [2.75, 3.05) is 0 Å². The molecular weight excluding hydrogens is 390 g/mol. The van der Waals surface area contributed by atoms with E-state index in [1.165, 1.54) is 55.4 Å². The minimum absolute atomic E-state index is 0.229. The van der Waals surface area contributed by atoms with Crippen LogP contribution in [0, 0.1) is 0 Å². The van der Waals surface area contributed by atoms with E-state index in [2.05, 4.69) is 18.2 Å². The van der Waals surface area contributed by atoms with Gasteiger partial charge in [-0.1, -0.05) is 74.9 Å². The van der Waals surface area contributed by atoms with E-state index >= 15 is 0 Å². The number of thiophene rings is 1. The normalized spacial score (nSPS) is 16.1. The molecule has 0 spiro atoms. The number of aryl methyl sites for hydroxylation is 2. The molecule has 0 saturated heterocycles. The van der Waals surface area contributed by atoms with Crippen LogP contribution in [-0.2, 0) is 12.8 Å². The molecule has 2 aromatic carbocycles. The first-order valence-electron chi connectivity index (χ1n) is 11.2. The molecule has 0 atom stereocenters. The van der Waals surface area contributed by atoms with Crippen molar-refractivity contribution in [3.05, 3.63) is 63.3 Å². The topological polar surface area (TPSA) is 43.1 Å². The van der Waals surface area contributed by atoms with E-state index in [4.69, 9.17) is 9.40 Å². The highest BCUT2D eigenvalue weighted by Crippen LogP contribution is 2.34. The summed E-state index contributed by atoms with van der Waals surface area (Å²) in [5.74, 6) is 0.432. The van der Waals surface area contributed by atoms with Crippen molar-refractivity contribution in [1.82, 2.24) is 4.98 Å². The summed E-state index contributed by atoms with van der Waals surface area (Å²) in [7, 11) is 0. The Morgan fingerprint density at radius 3 is 2.33 bits per heavy atom. The van der Waals surface area contributed by atoms with Crippen molar-refractivity contribution < 1.29 is 4.42 Å². The van der Waals surface area contributed by atoms with Crippen molar-refractivity contribution >= 4 is 32.3 Å². The van der Waals surface area contributed by atoms with Crippen LogP contribution >= 0.6 is 11.3 Å². The van der Waals surface area contributed by atoms with Gasteiger partial charge in [-0.05, 0) is 48.1 Å². The second kappa shape index (κ2) is 8.73. The Hall–Kier alpha value is -2.46. The van der Waals surface area contributed by atoms with E-state index in [0.717, 1.165) is 45.8 Å². The van der Waals surface area contributed by atoms with E-state index < -0.39 is 0 Å². The lowest BCUT2D eigenvalue weighted by atomic mass is 9.99. The van der Waals surface area contributed by atoms with Crippen molar-refractivity contribution in [3.63, 3.8) is 0 Å². The van der Waals surface area contributed by atoms with E-state index in [1.54, 1.807) is 11.3 Å². The molecular formula is C26H27NO2S. The minimum Gasteiger partial charge on any atom is -0.403 e. The lowest BCUT2D eigenvalue weighted by molar-refractivity contribution is 0.518. The minimum atomic E-state index is -0.229. The fourth-order valence-corrected chi connectivity index (χ4v) is 5.93. The molecule has 0 aliphatic heterocycles. The first-order valence-corrected chi connectivity index (χ1v) is 12.1. The van der Waals surface area contributed by atoms with Crippen molar-refractivity contribution in [2.24, 2.45) is 0 Å². The summed E-state index contributed by atoms with van der Waals surface area (Å²) in [6, 6.07) is 14.2. The Bertz CT molecular complexity index is 1230. The first kappa shape index (κ1) is 19.5. The molecule has 0 bridgehead atoms. The van der Waals surface area contributed by atoms with Crippen molar-refractivity contribution in [1.29, 1.82) is 0 Å². The van der Waals surface area contributed by atoms with Gasteiger partial charge in [0.1, 0.15) is 10.2 Å². The SMILES string of the molecule is O=c1oc(-c2cccc3ccccc23)nc2sc3c(c12)CCCCCCCCCC3. The summed E-state index contributed by atoms with van der Waals surface area (Å²) in [6.45, 7) is 0. The zero-order valence-corrected chi connectivity index (χ0v) is 18.1. The molecule has 0 unspecified atom stereocenters. The van der Waals surface area contributed by atoms with Gasteiger partial charge in [-0.15, -0.1) is 11.3 Å². The molecule has 3 nitrogen and oxygen atoms in total. The zero-order chi connectivity index (χ0) is 20.3. The lowest BCUT2D eigenvalue weighted by Gasteiger charge is -2.08. The van der Waals surface area contributed by atoms with Gasteiger partial charge in [-0.2, -0.15) is 0 Å². The molecule has 0 amide bonds. The molecule has 5 rings (SSSR count). The summed E-state index contributed by atoms with van der Waals surface area (Å²) in [5.41, 5.74) is 1.86. The van der Waals surface area contributed by atoms with Crippen LogP contribution in [0.1, 0.15) is 61.8 Å². The highest BCUT2D eigenvalue weighted by atomic mass is 32.1. The molecule has 2 heterocycles. The third-order valence-corrected chi connectivity index (χ3v) is 7.46. The maximum absolute atomic E-state index is 13.1. The highest BCUT2D eigenvalue weighted by Gasteiger charge is 2.20. The second-order valence-corrected chi connectivity index (χ2v) is 9.43. The van der Waals surface area contributed by atoms with Gasteiger partial charge >= 0.3 is 5.63 Å². The summed E-state index contributed by atoms with van der Waals surface area (Å²) in [5, 5.41) is 2.92.